The van der Waals surface area contributed by atoms with Crippen molar-refractivity contribution in [3.8, 4) is 0 Å². The minimum atomic E-state index is 0.604. The predicted molar refractivity (Wildman–Crippen MR) is 76.9 cm³/mol. The van der Waals surface area contributed by atoms with E-state index in [9.17, 15) is 0 Å². The highest BCUT2D eigenvalue weighted by molar-refractivity contribution is 4.89. The molecule has 0 aromatic carbocycles. The van der Waals surface area contributed by atoms with Gasteiger partial charge in [0.1, 0.15) is 12.2 Å². The number of hydrogen-bond acceptors (Lipinski definition) is 4. The van der Waals surface area contributed by atoms with Gasteiger partial charge >= 0.3 is 0 Å². The van der Waals surface area contributed by atoms with Gasteiger partial charge in [-0.3, -0.25) is 4.90 Å². The van der Waals surface area contributed by atoms with E-state index in [1.807, 2.05) is 4.68 Å². The summed E-state index contributed by atoms with van der Waals surface area (Å²) in [5, 5.41) is 7.95. The lowest BCUT2D eigenvalue weighted by Gasteiger charge is -2.28. The zero-order valence-electron chi connectivity index (χ0n) is 12.5. The summed E-state index contributed by atoms with van der Waals surface area (Å²) in [6.07, 6.45) is 5.18. The van der Waals surface area contributed by atoms with E-state index in [0.717, 1.165) is 38.4 Å². The van der Waals surface area contributed by atoms with Crippen molar-refractivity contribution >= 4 is 0 Å². The fourth-order valence-electron chi connectivity index (χ4n) is 2.69. The number of nitrogens with one attached hydrogen (secondary N) is 1. The summed E-state index contributed by atoms with van der Waals surface area (Å²) in [5.74, 6) is 1.10. The molecule has 5 nitrogen and oxygen atoms in total. The summed E-state index contributed by atoms with van der Waals surface area (Å²) in [6, 6.07) is 1.21. The Hall–Kier alpha value is -0.940. The first kappa shape index (κ1) is 14.5. The maximum Gasteiger partial charge on any atom is 0.141 e. The molecule has 1 N–H and O–H groups in total. The van der Waals surface area contributed by atoms with Crippen LogP contribution in [0.15, 0.2) is 6.33 Å². The Morgan fingerprint density at radius 1 is 1.42 bits per heavy atom. The summed E-state index contributed by atoms with van der Waals surface area (Å²) in [4.78, 5) is 6.98. The molecule has 2 unspecified atom stereocenters. The van der Waals surface area contributed by atoms with E-state index >= 15 is 0 Å². The van der Waals surface area contributed by atoms with Crippen LogP contribution in [0.25, 0.3) is 0 Å². The third-order valence-electron chi connectivity index (χ3n) is 4.04. The first-order valence-corrected chi connectivity index (χ1v) is 7.58. The van der Waals surface area contributed by atoms with Crippen molar-refractivity contribution in [3.63, 3.8) is 0 Å². The third-order valence-corrected chi connectivity index (χ3v) is 4.04. The van der Waals surface area contributed by atoms with Crippen molar-refractivity contribution < 1.29 is 0 Å². The highest BCUT2D eigenvalue weighted by Crippen LogP contribution is 2.14. The molecule has 0 spiro atoms. The van der Waals surface area contributed by atoms with Gasteiger partial charge in [0.2, 0.25) is 0 Å². The first-order chi connectivity index (χ1) is 9.24. The predicted octanol–water partition coefficient (Wildman–Crippen LogP) is 1.65. The Balaban J connectivity index is 2.04. The molecule has 1 aromatic rings. The molecule has 108 valence electrons. The number of aryl methyl sites for hydroxylation is 1. The van der Waals surface area contributed by atoms with Gasteiger partial charge in [0.05, 0.1) is 6.54 Å². The van der Waals surface area contributed by atoms with Crippen molar-refractivity contribution in [1.29, 1.82) is 0 Å². The fraction of sp³-hybridized carbons (Fsp3) is 0.857. The number of nitrogens with zero attached hydrogens (tertiary/aromatic N) is 4. The molecular formula is C14H27N5. The molecule has 1 aromatic heterocycles. The second kappa shape index (κ2) is 7.01. The molecular weight excluding hydrogens is 238 g/mol. The van der Waals surface area contributed by atoms with Gasteiger partial charge in [0.25, 0.3) is 0 Å². The molecule has 1 saturated heterocycles. The first-order valence-electron chi connectivity index (χ1n) is 7.58. The summed E-state index contributed by atoms with van der Waals surface area (Å²) in [7, 11) is 0. The van der Waals surface area contributed by atoms with Gasteiger partial charge in [0.15, 0.2) is 0 Å². The molecule has 5 heteroatoms. The maximum atomic E-state index is 4.43. The summed E-state index contributed by atoms with van der Waals surface area (Å²) >= 11 is 0. The SMILES string of the molecule is CCCn1ncnc1CN1CC(CC)NCCC1C. The van der Waals surface area contributed by atoms with Gasteiger partial charge in [-0.05, 0) is 32.7 Å². The Morgan fingerprint density at radius 3 is 3.00 bits per heavy atom. The van der Waals surface area contributed by atoms with E-state index in [1.165, 1.54) is 12.8 Å². The van der Waals surface area contributed by atoms with E-state index in [0.29, 0.717) is 12.1 Å². The smallest absolute Gasteiger partial charge is 0.141 e. The Labute approximate surface area is 116 Å². The van der Waals surface area contributed by atoms with Crippen LogP contribution < -0.4 is 5.32 Å². The molecule has 0 saturated carbocycles. The topological polar surface area (TPSA) is 46.0 Å². The summed E-state index contributed by atoms with van der Waals surface area (Å²) in [6.45, 7) is 10.9. The molecule has 0 bridgehead atoms. The van der Waals surface area contributed by atoms with Gasteiger partial charge in [-0.1, -0.05) is 13.8 Å². The lowest BCUT2D eigenvalue weighted by atomic mass is 10.2. The molecule has 2 heterocycles. The van der Waals surface area contributed by atoms with Gasteiger partial charge in [-0.15, -0.1) is 0 Å². The Kier molecular flexibility index (Phi) is 5.34. The molecule has 19 heavy (non-hydrogen) atoms. The van der Waals surface area contributed by atoms with E-state index in [4.69, 9.17) is 0 Å². The fourth-order valence-corrected chi connectivity index (χ4v) is 2.69. The largest absolute Gasteiger partial charge is 0.313 e. The van der Waals surface area contributed by atoms with Crippen LogP contribution in [-0.4, -0.2) is 44.8 Å². The summed E-state index contributed by atoms with van der Waals surface area (Å²) in [5.41, 5.74) is 0. The Bertz CT molecular complexity index is 376. The van der Waals surface area contributed by atoms with Crippen LogP contribution in [0.2, 0.25) is 0 Å². The molecule has 2 rings (SSSR count). The normalized spacial score (nSPS) is 25.4. The Morgan fingerprint density at radius 2 is 2.26 bits per heavy atom. The standard InChI is InChI=1S/C14H27N5/c1-4-8-19-14(16-11-17-19)10-18-9-13(5-2)15-7-6-12(18)3/h11-13,15H,4-10H2,1-3H3. The van der Waals surface area contributed by atoms with E-state index in [1.54, 1.807) is 6.33 Å². The van der Waals surface area contributed by atoms with Crippen LogP contribution >= 0.6 is 0 Å². The van der Waals surface area contributed by atoms with Crippen molar-refractivity contribution in [2.24, 2.45) is 0 Å². The zero-order chi connectivity index (χ0) is 13.7. The van der Waals surface area contributed by atoms with Crippen molar-refractivity contribution in [2.75, 3.05) is 13.1 Å². The molecule has 0 radical (unpaired) electrons. The number of hydrogen-bond donors (Lipinski definition) is 1. The molecule has 1 aliphatic rings. The number of rotatable bonds is 5. The second-order valence-electron chi connectivity index (χ2n) is 5.53. The quantitative estimate of drug-likeness (QED) is 0.879. The minimum absolute atomic E-state index is 0.604. The van der Waals surface area contributed by atoms with E-state index in [2.05, 4.69) is 41.1 Å². The van der Waals surface area contributed by atoms with Crippen molar-refractivity contribution in [1.82, 2.24) is 25.0 Å². The molecule has 0 aliphatic carbocycles. The van der Waals surface area contributed by atoms with Crippen molar-refractivity contribution in [2.45, 2.75) is 65.2 Å². The van der Waals surface area contributed by atoms with Gasteiger partial charge in [-0.2, -0.15) is 5.10 Å². The number of aromatic nitrogens is 3. The van der Waals surface area contributed by atoms with Crippen LogP contribution in [0.3, 0.4) is 0 Å². The van der Waals surface area contributed by atoms with Gasteiger partial charge in [0, 0.05) is 25.2 Å². The van der Waals surface area contributed by atoms with Crippen LogP contribution in [0.4, 0.5) is 0 Å². The molecule has 1 aliphatic heterocycles. The average molecular weight is 265 g/mol. The van der Waals surface area contributed by atoms with Gasteiger partial charge < -0.3 is 5.32 Å². The summed E-state index contributed by atoms with van der Waals surface area (Å²) < 4.78 is 2.05. The van der Waals surface area contributed by atoms with Crippen LogP contribution in [0.5, 0.6) is 0 Å². The van der Waals surface area contributed by atoms with E-state index < -0.39 is 0 Å². The second-order valence-corrected chi connectivity index (χ2v) is 5.53. The molecule has 1 fully saturated rings. The molecule has 2 atom stereocenters. The monoisotopic (exact) mass is 265 g/mol. The van der Waals surface area contributed by atoms with Crippen molar-refractivity contribution in [3.05, 3.63) is 12.2 Å². The van der Waals surface area contributed by atoms with Crippen LogP contribution in [-0.2, 0) is 13.1 Å². The van der Waals surface area contributed by atoms with Crippen LogP contribution in [0, 0.1) is 0 Å². The maximum absolute atomic E-state index is 4.43. The van der Waals surface area contributed by atoms with Crippen LogP contribution in [0.1, 0.15) is 45.9 Å². The highest BCUT2D eigenvalue weighted by Gasteiger charge is 2.23. The minimum Gasteiger partial charge on any atom is -0.313 e. The third kappa shape index (κ3) is 3.76. The van der Waals surface area contributed by atoms with Gasteiger partial charge in [-0.25, -0.2) is 9.67 Å². The lowest BCUT2D eigenvalue weighted by Crippen LogP contribution is -2.39. The van der Waals surface area contributed by atoms with E-state index in [-0.39, 0.29) is 0 Å². The molecule has 0 amide bonds. The highest BCUT2D eigenvalue weighted by atomic mass is 15.4. The zero-order valence-corrected chi connectivity index (χ0v) is 12.5. The average Bonchev–Trinajstić information content (AvgIpc) is 2.75. The lowest BCUT2D eigenvalue weighted by molar-refractivity contribution is 0.186.